The fraction of sp³-hybridized carbons (Fsp3) is 0.167. The number of ether oxygens (including phenoxy) is 2. The molecule has 0 N–H and O–H groups in total. The SMILES string of the molecule is O=C(OCC(Sc1ccccc1)[N+](=O)[O-])c1ccc(C(=O)OCC(Sc2ccccc2)[N+](=O)[O-])cc1. The Morgan fingerprint density at radius 2 is 0.972 bits per heavy atom. The highest BCUT2D eigenvalue weighted by Crippen LogP contribution is 2.25. The average molecular weight is 529 g/mol. The van der Waals surface area contributed by atoms with E-state index >= 15 is 0 Å². The summed E-state index contributed by atoms with van der Waals surface area (Å²) in [5, 5.41) is 20.3. The summed E-state index contributed by atoms with van der Waals surface area (Å²) in [5.74, 6) is -1.58. The predicted octanol–water partition coefficient (Wildman–Crippen LogP) is 4.79. The van der Waals surface area contributed by atoms with Crippen molar-refractivity contribution < 1.29 is 28.9 Å². The Labute approximate surface area is 214 Å². The molecule has 0 aliphatic carbocycles. The van der Waals surface area contributed by atoms with Crippen LogP contribution in [0.5, 0.6) is 0 Å². The smallest absolute Gasteiger partial charge is 0.338 e. The Morgan fingerprint density at radius 1 is 0.639 bits per heavy atom. The van der Waals surface area contributed by atoms with Crippen molar-refractivity contribution in [2.45, 2.75) is 20.5 Å². The van der Waals surface area contributed by atoms with Crippen molar-refractivity contribution in [1.29, 1.82) is 0 Å². The van der Waals surface area contributed by atoms with Gasteiger partial charge in [0.1, 0.15) is 0 Å². The average Bonchev–Trinajstić information content (AvgIpc) is 2.89. The second-order valence-corrected chi connectivity index (χ2v) is 9.62. The number of carbonyl (C=O) groups is 2. The molecule has 0 bridgehead atoms. The first-order chi connectivity index (χ1) is 17.3. The van der Waals surface area contributed by atoms with Crippen LogP contribution in [0.25, 0.3) is 0 Å². The van der Waals surface area contributed by atoms with E-state index < -0.39 is 45.7 Å². The van der Waals surface area contributed by atoms with E-state index in [-0.39, 0.29) is 11.1 Å². The molecule has 0 spiro atoms. The van der Waals surface area contributed by atoms with E-state index in [1.54, 1.807) is 60.7 Å². The fourth-order valence-corrected chi connectivity index (χ4v) is 4.49. The van der Waals surface area contributed by atoms with Crippen molar-refractivity contribution in [1.82, 2.24) is 0 Å². The third-order valence-corrected chi connectivity index (χ3v) is 6.82. The van der Waals surface area contributed by atoms with Crippen molar-refractivity contribution in [3.63, 3.8) is 0 Å². The van der Waals surface area contributed by atoms with Crippen LogP contribution in [0.2, 0.25) is 0 Å². The molecule has 2 unspecified atom stereocenters. The number of carbonyl (C=O) groups excluding carboxylic acids is 2. The van der Waals surface area contributed by atoms with E-state index in [1.165, 1.54) is 24.3 Å². The molecule has 0 aliphatic heterocycles. The molecular formula is C24H20N2O8S2. The number of nitro groups is 2. The van der Waals surface area contributed by atoms with Gasteiger partial charge in [-0.1, -0.05) is 36.4 Å². The Kier molecular flexibility index (Phi) is 9.83. The molecule has 0 radical (unpaired) electrons. The van der Waals surface area contributed by atoms with Crippen LogP contribution in [0, 0.1) is 20.2 Å². The van der Waals surface area contributed by atoms with E-state index in [2.05, 4.69) is 0 Å². The van der Waals surface area contributed by atoms with E-state index in [4.69, 9.17) is 9.47 Å². The molecule has 0 heterocycles. The van der Waals surface area contributed by atoms with Crippen LogP contribution in [0.15, 0.2) is 94.7 Å². The minimum atomic E-state index is -1.19. The van der Waals surface area contributed by atoms with Gasteiger partial charge in [-0.05, 0) is 72.1 Å². The van der Waals surface area contributed by atoms with Crippen LogP contribution >= 0.6 is 23.5 Å². The second kappa shape index (κ2) is 13.3. The lowest BCUT2D eigenvalue weighted by atomic mass is 10.1. The van der Waals surface area contributed by atoms with Crippen LogP contribution in [-0.4, -0.2) is 45.7 Å². The normalized spacial score (nSPS) is 12.2. The minimum Gasteiger partial charge on any atom is -0.454 e. The van der Waals surface area contributed by atoms with Gasteiger partial charge in [0.15, 0.2) is 13.2 Å². The van der Waals surface area contributed by atoms with Gasteiger partial charge >= 0.3 is 11.9 Å². The Bertz CT molecular complexity index is 1100. The van der Waals surface area contributed by atoms with Crippen molar-refractivity contribution in [2.75, 3.05) is 13.2 Å². The van der Waals surface area contributed by atoms with Crippen LogP contribution < -0.4 is 0 Å². The number of thioether (sulfide) groups is 2. The van der Waals surface area contributed by atoms with Crippen LogP contribution in [-0.2, 0) is 9.47 Å². The van der Waals surface area contributed by atoms with Gasteiger partial charge in [-0.25, -0.2) is 9.59 Å². The highest BCUT2D eigenvalue weighted by molar-refractivity contribution is 8.00. The third-order valence-electron chi connectivity index (χ3n) is 4.57. The van der Waals surface area contributed by atoms with E-state index in [1.807, 2.05) is 0 Å². The zero-order chi connectivity index (χ0) is 25.9. The minimum absolute atomic E-state index is 0.0844. The van der Waals surface area contributed by atoms with Gasteiger partial charge in [-0.15, -0.1) is 0 Å². The predicted molar refractivity (Wildman–Crippen MR) is 133 cm³/mol. The zero-order valence-corrected chi connectivity index (χ0v) is 20.3. The molecule has 2 atom stereocenters. The molecule has 36 heavy (non-hydrogen) atoms. The molecule has 12 heteroatoms. The molecule has 0 fully saturated rings. The van der Waals surface area contributed by atoms with Crippen molar-refractivity contribution in [3.8, 4) is 0 Å². The van der Waals surface area contributed by atoms with Gasteiger partial charge in [0.2, 0.25) is 0 Å². The van der Waals surface area contributed by atoms with Crippen LogP contribution in [0.3, 0.4) is 0 Å². The summed E-state index contributed by atoms with van der Waals surface area (Å²) < 4.78 is 10.2. The molecule has 10 nitrogen and oxygen atoms in total. The van der Waals surface area contributed by atoms with E-state index in [0.717, 1.165) is 23.5 Å². The van der Waals surface area contributed by atoms with Gasteiger partial charge in [0.05, 0.1) is 11.1 Å². The molecule has 0 amide bonds. The van der Waals surface area contributed by atoms with Crippen LogP contribution in [0.4, 0.5) is 0 Å². The number of hydrogen-bond donors (Lipinski definition) is 0. The van der Waals surface area contributed by atoms with Gasteiger partial charge in [-0.3, -0.25) is 20.2 Å². The monoisotopic (exact) mass is 528 g/mol. The molecule has 3 aromatic rings. The summed E-state index contributed by atoms with van der Waals surface area (Å²) in [7, 11) is 0. The quantitative estimate of drug-likeness (QED) is 0.106. The number of rotatable bonds is 12. The highest BCUT2D eigenvalue weighted by atomic mass is 32.2. The molecule has 3 rings (SSSR count). The Balaban J connectivity index is 1.52. The van der Waals surface area contributed by atoms with Gasteiger partial charge in [0, 0.05) is 19.6 Å². The first-order valence-electron chi connectivity index (χ1n) is 10.5. The lowest BCUT2D eigenvalue weighted by Gasteiger charge is -2.11. The first-order valence-corrected chi connectivity index (χ1v) is 12.2. The summed E-state index contributed by atoms with van der Waals surface area (Å²) in [6.07, 6.45) is 0. The summed E-state index contributed by atoms with van der Waals surface area (Å²) in [6.45, 7) is -0.896. The topological polar surface area (TPSA) is 139 Å². The molecule has 0 aromatic heterocycles. The second-order valence-electron chi connectivity index (χ2n) is 7.12. The number of esters is 2. The van der Waals surface area contributed by atoms with Crippen molar-refractivity contribution in [3.05, 3.63) is 116 Å². The summed E-state index contributed by atoms with van der Waals surface area (Å²) in [5.41, 5.74) is 0.169. The van der Waals surface area contributed by atoms with Crippen molar-refractivity contribution >= 4 is 35.5 Å². The highest BCUT2D eigenvalue weighted by Gasteiger charge is 2.26. The Hall–Kier alpha value is -3.90. The van der Waals surface area contributed by atoms with Gasteiger partial charge in [0.25, 0.3) is 10.7 Å². The maximum atomic E-state index is 12.3. The summed E-state index contributed by atoms with van der Waals surface area (Å²) >= 11 is 1.93. The fourth-order valence-electron chi connectivity index (χ4n) is 2.79. The molecule has 0 aliphatic rings. The number of benzene rings is 3. The van der Waals surface area contributed by atoms with Gasteiger partial charge in [-0.2, -0.15) is 0 Å². The lowest BCUT2D eigenvalue weighted by molar-refractivity contribution is -0.497. The lowest BCUT2D eigenvalue weighted by Crippen LogP contribution is -2.24. The molecule has 0 saturated carbocycles. The number of nitrogens with zero attached hydrogens (tertiary/aromatic N) is 2. The van der Waals surface area contributed by atoms with Crippen LogP contribution in [0.1, 0.15) is 20.7 Å². The summed E-state index contributed by atoms with van der Waals surface area (Å²) in [4.78, 5) is 47.6. The van der Waals surface area contributed by atoms with Crippen molar-refractivity contribution in [2.24, 2.45) is 0 Å². The molecule has 3 aromatic carbocycles. The largest absolute Gasteiger partial charge is 0.454 e. The molecule has 186 valence electrons. The third kappa shape index (κ3) is 8.10. The van der Waals surface area contributed by atoms with E-state index in [0.29, 0.717) is 9.79 Å². The summed E-state index contributed by atoms with van der Waals surface area (Å²) in [6, 6.07) is 22.7. The molecule has 0 saturated heterocycles. The zero-order valence-electron chi connectivity index (χ0n) is 18.6. The maximum absolute atomic E-state index is 12.3. The molecular weight excluding hydrogens is 508 g/mol. The maximum Gasteiger partial charge on any atom is 0.338 e. The number of hydrogen-bond acceptors (Lipinski definition) is 10. The standard InChI is InChI=1S/C24H20N2O8S2/c27-23(33-15-21(25(29)30)35-19-7-3-1-4-8-19)17-11-13-18(14-12-17)24(28)34-16-22(26(31)32)36-20-9-5-2-6-10-20/h1-14,21-22H,15-16H2. The first kappa shape index (κ1) is 26.7. The Morgan fingerprint density at radius 3 is 1.28 bits per heavy atom. The van der Waals surface area contributed by atoms with E-state index in [9.17, 15) is 29.8 Å². The van der Waals surface area contributed by atoms with Gasteiger partial charge < -0.3 is 9.47 Å².